The monoisotopic (exact) mass is 228 g/mol. The number of hydrogen-bond acceptors (Lipinski definition) is 3. The van der Waals surface area contributed by atoms with Crippen LogP contribution in [0, 0.1) is 5.92 Å². The fraction of sp³-hybridized carbons (Fsp3) is 0.900. The van der Waals surface area contributed by atoms with Gasteiger partial charge < -0.3 is 10.1 Å². The van der Waals surface area contributed by atoms with Crippen LogP contribution in [0.25, 0.3) is 10.4 Å². The van der Waals surface area contributed by atoms with Crippen molar-refractivity contribution in [1.82, 2.24) is 5.32 Å². The predicted octanol–water partition coefficient (Wildman–Crippen LogP) is 2.85. The van der Waals surface area contributed by atoms with Crippen molar-refractivity contribution in [1.29, 1.82) is 0 Å². The second kappa shape index (κ2) is 6.23. The molecule has 6 heteroatoms. The summed E-state index contributed by atoms with van der Waals surface area (Å²) in [4.78, 5) is 14.1. The zero-order chi connectivity index (χ0) is 12.8. The van der Waals surface area contributed by atoms with E-state index in [2.05, 4.69) is 15.3 Å². The van der Waals surface area contributed by atoms with E-state index in [-0.39, 0.29) is 18.5 Å². The largest absolute Gasteiger partial charge is 0.444 e. The molecule has 0 heterocycles. The average molecular weight is 228 g/mol. The Morgan fingerprint density at radius 3 is 2.44 bits per heavy atom. The first-order chi connectivity index (χ1) is 7.26. The molecule has 0 radical (unpaired) electrons. The van der Waals surface area contributed by atoms with Gasteiger partial charge >= 0.3 is 6.09 Å². The molecule has 0 fully saturated rings. The zero-order valence-electron chi connectivity index (χ0n) is 10.5. The predicted molar refractivity (Wildman–Crippen MR) is 62.0 cm³/mol. The summed E-state index contributed by atoms with van der Waals surface area (Å²) >= 11 is 0. The molecule has 0 aliphatic heterocycles. The number of hydrogen-bond donors (Lipinski definition) is 1. The highest BCUT2D eigenvalue weighted by Crippen LogP contribution is 2.08. The third kappa shape index (κ3) is 6.95. The third-order valence-electron chi connectivity index (χ3n) is 1.85. The van der Waals surface area contributed by atoms with Gasteiger partial charge in [-0.15, -0.1) is 0 Å². The molecule has 0 aliphatic carbocycles. The molecule has 1 N–H and O–H groups in total. The molecule has 0 spiro atoms. The van der Waals surface area contributed by atoms with Crippen LogP contribution in [0.5, 0.6) is 0 Å². The Balaban J connectivity index is 4.29. The van der Waals surface area contributed by atoms with Crippen LogP contribution in [-0.4, -0.2) is 24.3 Å². The van der Waals surface area contributed by atoms with E-state index in [1.54, 1.807) is 20.8 Å². The number of amides is 1. The molecular weight excluding hydrogens is 208 g/mol. The summed E-state index contributed by atoms with van der Waals surface area (Å²) in [6, 6.07) is -0.203. The molecule has 0 unspecified atom stereocenters. The fourth-order valence-corrected chi connectivity index (χ4v) is 1.01. The zero-order valence-corrected chi connectivity index (χ0v) is 10.5. The maximum Gasteiger partial charge on any atom is 0.407 e. The van der Waals surface area contributed by atoms with Crippen LogP contribution >= 0.6 is 0 Å². The van der Waals surface area contributed by atoms with E-state index in [9.17, 15) is 4.79 Å². The number of alkyl carbamates (subject to hydrolysis) is 1. The van der Waals surface area contributed by atoms with Crippen molar-refractivity contribution in [2.75, 3.05) is 6.54 Å². The van der Waals surface area contributed by atoms with E-state index in [0.717, 1.165) is 0 Å². The molecule has 6 nitrogen and oxygen atoms in total. The minimum atomic E-state index is -0.524. The van der Waals surface area contributed by atoms with Gasteiger partial charge in [-0.1, -0.05) is 19.0 Å². The van der Waals surface area contributed by atoms with Crippen molar-refractivity contribution in [3.63, 3.8) is 0 Å². The van der Waals surface area contributed by atoms with E-state index in [1.807, 2.05) is 13.8 Å². The van der Waals surface area contributed by atoms with Gasteiger partial charge in [0.2, 0.25) is 0 Å². The summed E-state index contributed by atoms with van der Waals surface area (Å²) in [5.74, 6) is 0.179. The van der Waals surface area contributed by atoms with E-state index in [1.165, 1.54) is 0 Å². The van der Waals surface area contributed by atoms with E-state index < -0.39 is 11.7 Å². The molecule has 1 amide bonds. The highest BCUT2D eigenvalue weighted by atomic mass is 16.6. The van der Waals surface area contributed by atoms with Gasteiger partial charge in [0.25, 0.3) is 0 Å². The lowest BCUT2D eigenvalue weighted by Gasteiger charge is -2.24. The Hall–Kier alpha value is -1.42. The lowest BCUT2D eigenvalue weighted by atomic mass is 10.1. The van der Waals surface area contributed by atoms with E-state index in [0.29, 0.717) is 0 Å². The molecule has 0 aliphatic rings. The van der Waals surface area contributed by atoms with Crippen molar-refractivity contribution >= 4 is 6.09 Å². The van der Waals surface area contributed by atoms with Crippen molar-refractivity contribution in [3.8, 4) is 0 Å². The van der Waals surface area contributed by atoms with Crippen molar-refractivity contribution < 1.29 is 9.53 Å². The molecule has 0 aromatic rings. The fourth-order valence-electron chi connectivity index (χ4n) is 1.01. The first kappa shape index (κ1) is 14.6. The van der Waals surface area contributed by atoms with Crippen LogP contribution in [0.1, 0.15) is 34.6 Å². The summed E-state index contributed by atoms with van der Waals surface area (Å²) in [7, 11) is 0. The molecule has 92 valence electrons. The van der Waals surface area contributed by atoms with Crippen LogP contribution < -0.4 is 5.32 Å². The van der Waals surface area contributed by atoms with Gasteiger partial charge in [-0.3, -0.25) is 0 Å². The number of rotatable bonds is 4. The van der Waals surface area contributed by atoms with Gasteiger partial charge in [0.05, 0.1) is 0 Å². The molecule has 16 heavy (non-hydrogen) atoms. The molecular formula is C10H20N4O2. The van der Waals surface area contributed by atoms with Gasteiger partial charge in [-0.25, -0.2) is 4.79 Å². The Labute approximate surface area is 96.0 Å². The summed E-state index contributed by atoms with van der Waals surface area (Å²) in [5.41, 5.74) is 7.71. The summed E-state index contributed by atoms with van der Waals surface area (Å²) < 4.78 is 5.11. The van der Waals surface area contributed by atoms with E-state index in [4.69, 9.17) is 10.3 Å². The minimum Gasteiger partial charge on any atom is -0.444 e. The molecule has 0 aromatic carbocycles. The number of nitrogens with zero attached hydrogens (tertiary/aromatic N) is 3. The summed E-state index contributed by atoms with van der Waals surface area (Å²) in [6.07, 6.45) is -0.487. The first-order valence-electron chi connectivity index (χ1n) is 5.26. The van der Waals surface area contributed by atoms with Crippen LogP contribution in [-0.2, 0) is 4.74 Å². The minimum absolute atomic E-state index is 0.179. The normalized spacial score (nSPS) is 12.9. The molecule has 1 atom stereocenters. The van der Waals surface area contributed by atoms with Crippen LogP contribution in [0.2, 0.25) is 0 Å². The Morgan fingerprint density at radius 1 is 1.50 bits per heavy atom. The molecule has 0 bridgehead atoms. The number of azide groups is 1. The standard InChI is InChI=1S/C10H20N4O2/c1-7(2)8(6-12-14-11)13-9(15)16-10(3,4)5/h7-8H,6H2,1-5H3,(H,13,15)/t8-/m0/s1. The summed E-state index contributed by atoms with van der Waals surface area (Å²) in [5, 5.41) is 6.13. The molecule has 0 aromatic heterocycles. The Morgan fingerprint density at radius 2 is 2.06 bits per heavy atom. The van der Waals surface area contributed by atoms with Crippen LogP contribution in [0.3, 0.4) is 0 Å². The lowest BCUT2D eigenvalue weighted by molar-refractivity contribution is 0.0493. The Bertz CT molecular complexity index is 277. The summed E-state index contributed by atoms with van der Waals surface area (Å²) in [6.45, 7) is 9.50. The third-order valence-corrected chi connectivity index (χ3v) is 1.85. The number of carbonyl (C=O) groups is 1. The van der Waals surface area contributed by atoms with Crippen molar-refractivity contribution in [3.05, 3.63) is 10.4 Å². The topological polar surface area (TPSA) is 87.1 Å². The number of nitrogens with one attached hydrogen (secondary N) is 1. The first-order valence-corrected chi connectivity index (χ1v) is 5.26. The lowest BCUT2D eigenvalue weighted by Crippen LogP contribution is -2.43. The maximum atomic E-state index is 11.5. The Kier molecular flexibility index (Phi) is 5.67. The number of carbonyl (C=O) groups excluding carboxylic acids is 1. The second-order valence-electron chi connectivity index (χ2n) is 4.91. The van der Waals surface area contributed by atoms with Crippen LogP contribution in [0.15, 0.2) is 5.11 Å². The van der Waals surface area contributed by atoms with Crippen LogP contribution in [0.4, 0.5) is 4.79 Å². The van der Waals surface area contributed by atoms with Gasteiger partial charge in [-0.05, 0) is 32.2 Å². The van der Waals surface area contributed by atoms with Crippen molar-refractivity contribution in [2.45, 2.75) is 46.3 Å². The molecule has 0 rings (SSSR count). The highest BCUT2D eigenvalue weighted by molar-refractivity contribution is 5.68. The van der Waals surface area contributed by atoms with Crippen molar-refractivity contribution in [2.24, 2.45) is 11.0 Å². The quantitative estimate of drug-likeness (QED) is 0.455. The molecule has 0 saturated heterocycles. The van der Waals surface area contributed by atoms with Gasteiger partial charge in [0, 0.05) is 17.5 Å². The highest BCUT2D eigenvalue weighted by Gasteiger charge is 2.20. The number of ether oxygens (including phenoxy) is 1. The maximum absolute atomic E-state index is 11.5. The van der Waals surface area contributed by atoms with E-state index >= 15 is 0 Å². The second-order valence-corrected chi connectivity index (χ2v) is 4.91. The molecule has 0 saturated carbocycles. The average Bonchev–Trinajstić information content (AvgIpc) is 2.08. The smallest absolute Gasteiger partial charge is 0.407 e. The van der Waals surface area contributed by atoms with Gasteiger partial charge in [-0.2, -0.15) is 0 Å². The van der Waals surface area contributed by atoms with Gasteiger partial charge in [0.1, 0.15) is 5.60 Å². The van der Waals surface area contributed by atoms with Gasteiger partial charge in [0.15, 0.2) is 0 Å². The SMILES string of the molecule is CC(C)[C@H](CN=[N+]=[N-])NC(=O)OC(C)(C)C.